The van der Waals surface area contributed by atoms with Gasteiger partial charge in [-0.3, -0.25) is 9.36 Å². The van der Waals surface area contributed by atoms with Crippen molar-refractivity contribution >= 4 is 40.3 Å². The Labute approximate surface area is 183 Å². The van der Waals surface area contributed by atoms with Crippen molar-refractivity contribution < 1.29 is 4.39 Å². The molecule has 0 unspecified atom stereocenters. The number of rotatable bonds is 6. The molecule has 0 spiro atoms. The van der Waals surface area contributed by atoms with E-state index in [0.29, 0.717) is 23.2 Å². The van der Waals surface area contributed by atoms with Crippen LogP contribution in [0.3, 0.4) is 0 Å². The average molecular weight is 441 g/mol. The number of aromatic nitrogens is 4. The predicted octanol–water partition coefficient (Wildman–Crippen LogP) is 4.78. The fourth-order valence-electron chi connectivity index (χ4n) is 2.90. The highest BCUT2D eigenvalue weighted by Gasteiger charge is 2.06. The molecule has 0 aliphatic heterocycles. The summed E-state index contributed by atoms with van der Waals surface area (Å²) >= 11 is 11.6. The third-order valence-corrected chi connectivity index (χ3v) is 4.90. The first kappa shape index (κ1) is 20.1. The van der Waals surface area contributed by atoms with Crippen molar-refractivity contribution in [1.82, 2.24) is 19.6 Å². The Hall–Kier alpha value is -3.23. The lowest BCUT2D eigenvalue weighted by molar-refractivity contribution is 0.624. The molecule has 2 heterocycles. The monoisotopic (exact) mass is 440 g/mol. The molecule has 4 rings (SSSR count). The van der Waals surface area contributed by atoms with Crippen LogP contribution in [0.25, 0.3) is 0 Å². The van der Waals surface area contributed by atoms with Crippen LogP contribution in [-0.4, -0.2) is 24.7 Å². The van der Waals surface area contributed by atoms with Gasteiger partial charge < -0.3 is 10.6 Å². The summed E-state index contributed by atoms with van der Waals surface area (Å²) in [5.41, 5.74) is 3.46. The van der Waals surface area contributed by atoms with Crippen LogP contribution in [0.15, 0.2) is 73.3 Å². The lowest BCUT2D eigenvalue weighted by Crippen LogP contribution is -2.18. The maximum absolute atomic E-state index is 13.0. The normalized spacial score (nSPS) is 10.7. The van der Waals surface area contributed by atoms with E-state index in [9.17, 15) is 4.39 Å². The average Bonchev–Trinajstić information content (AvgIpc) is 3.35. The van der Waals surface area contributed by atoms with E-state index in [1.54, 1.807) is 33.9 Å². The van der Waals surface area contributed by atoms with E-state index in [1.165, 1.54) is 12.1 Å². The highest BCUT2D eigenvalue weighted by atomic mass is 35.5. The molecule has 0 amide bonds. The molecule has 2 aromatic heterocycles. The number of halogens is 2. The van der Waals surface area contributed by atoms with E-state index in [-0.39, 0.29) is 5.82 Å². The van der Waals surface area contributed by atoms with Crippen LogP contribution < -0.4 is 10.6 Å². The Balaban J connectivity index is 1.32. The molecule has 0 atom stereocenters. The van der Waals surface area contributed by atoms with Gasteiger partial charge in [0.25, 0.3) is 0 Å². The van der Waals surface area contributed by atoms with Gasteiger partial charge in [-0.15, -0.1) is 0 Å². The molecular weight excluding hydrogens is 423 g/mol. The maximum atomic E-state index is 13.0. The summed E-state index contributed by atoms with van der Waals surface area (Å²) in [4.78, 5) is 0. The molecule has 0 fully saturated rings. The summed E-state index contributed by atoms with van der Waals surface area (Å²) in [5.74, 6) is -0.256. The van der Waals surface area contributed by atoms with Crippen molar-refractivity contribution in [2.45, 2.75) is 13.1 Å². The van der Waals surface area contributed by atoms with Gasteiger partial charge in [0.2, 0.25) is 0 Å². The van der Waals surface area contributed by atoms with E-state index >= 15 is 0 Å². The lowest BCUT2D eigenvalue weighted by Gasteiger charge is -2.07. The second kappa shape index (κ2) is 9.06. The van der Waals surface area contributed by atoms with Gasteiger partial charge in [0, 0.05) is 17.4 Å². The SMILES string of the molecule is Fc1ccc(Cn2cc(NC(=S)Nc3cnn(Cc4ccccc4Cl)c3)cn2)cc1. The number of nitrogens with zero attached hydrogens (tertiary/aromatic N) is 4. The molecule has 152 valence electrons. The second-order valence-electron chi connectivity index (χ2n) is 6.65. The van der Waals surface area contributed by atoms with E-state index in [0.717, 1.165) is 22.5 Å². The third-order valence-electron chi connectivity index (χ3n) is 4.33. The first-order valence-electron chi connectivity index (χ1n) is 9.16. The molecule has 6 nitrogen and oxygen atoms in total. The van der Waals surface area contributed by atoms with E-state index in [4.69, 9.17) is 23.8 Å². The van der Waals surface area contributed by atoms with Crippen LogP contribution in [0.1, 0.15) is 11.1 Å². The van der Waals surface area contributed by atoms with Gasteiger partial charge in [-0.2, -0.15) is 10.2 Å². The molecule has 0 saturated heterocycles. The van der Waals surface area contributed by atoms with Crippen LogP contribution in [0, 0.1) is 5.82 Å². The molecule has 30 heavy (non-hydrogen) atoms. The van der Waals surface area contributed by atoms with Crippen LogP contribution in [0.4, 0.5) is 15.8 Å². The largest absolute Gasteiger partial charge is 0.330 e. The lowest BCUT2D eigenvalue weighted by atomic mass is 10.2. The van der Waals surface area contributed by atoms with Gasteiger partial charge in [0.15, 0.2) is 5.11 Å². The number of nitrogens with one attached hydrogen (secondary N) is 2. The number of hydrogen-bond acceptors (Lipinski definition) is 3. The van der Waals surface area contributed by atoms with E-state index in [1.807, 2.05) is 36.7 Å². The molecular formula is C21H18ClFN6S. The topological polar surface area (TPSA) is 59.7 Å². The fraction of sp³-hybridized carbons (Fsp3) is 0.0952. The third kappa shape index (κ3) is 5.22. The van der Waals surface area contributed by atoms with Gasteiger partial charge in [0.05, 0.1) is 36.9 Å². The predicted molar refractivity (Wildman–Crippen MR) is 120 cm³/mol. The van der Waals surface area contributed by atoms with Crippen molar-refractivity contribution in [1.29, 1.82) is 0 Å². The molecule has 0 radical (unpaired) electrons. The summed E-state index contributed by atoms with van der Waals surface area (Å²) in [6, 6.07) is 14.0. The molecule has 0 bridgehead atoms. The van der Waals surface area contributed by atoms with Crippen molar-refractivity contribution in [2.75, 3.05) is 10.6 Å². The standard InChI is InChI=1S/C21H18ClFN6S/c22-20-4-2-1-3-16(20)12-29-14-19(10-25-29)27-21(30)26-18-9-24-28(13-18)11-15-5-7-17(23)8-6-15/h1-10,13-14H,11-12H2,(H2,26,27,30). The highest BCUT2D eigenvalue weighted by molar-refractivity contribution is 7.80. The first-order valence-corrected chi connectivity index (χ1v) is 9.94. The fourth-order valence-corrected chi connectivity index (χ4v) is 3.33. The van der Waals surface area contributed by atoms with Crippen molar-refractivity contribution in [2.24, 2.45) is 0 Å². The van der Waals surface area contributed by atoms with Gasteiger partial charge >= 0.3 is 0 Å². The smallest absolute Gasteiger partial charge is 0.175 e. The maximum Gasteiger partial charge on any atom is 0.175 e. The summed E-state index contributed by atoms with van der Waals surface area (Å²) in [6.45, 7) is 1.11. The Morgan fingerprint density at radius 1 is 0.900 bits per heavy atom. The van der Waals surface area contributed by atoms with Gasteiger partial charge in [-0.1, -0.05) is 41.9 Å². The molecule has 4 aromatic rings. The zero-order chi connectivity index (χ0) is 20.9. The number of benzene rings is 2. The number of anilines is 2. The summed E-state index contributed by atoms with van der Waals surface area (Å²) in [5, 5.41) is 16.0. The first-order chi connectivity index (χ1) is 14.5. The minimum Gasteiger partial charge on any atom is -0.330 e. The van der Waals surface area contributed by atoms with Crippen molar-refractivity contribution in [3.8, 4) is 0 Å². The molecule has 0 saturated carbocycles. The Kier molecular flexibility index (Phi) is 6.06. The van der Waals surface area contributed by atoms with Gasteiger partial charge in [-0.25, -0.2) is 4.39 Å². The van der Waals surface area contributed by atoms with Crippen molar-refractivity contribution in [3.05, 3.63) is 95.3 Å². The van der Waals surface area contributed by atoms with Gasteiger partial charge in [0.1, 0.15) is 5.82 Å². The van der Waals surface area contributed by atoms with Gasteiger partial charge in [-0.05, 0) is 41.5 Å². The van der Waals surface area contributed by atoms with Crippen LogP contribution in [0.2, 0.25) is 5.02 Å². The minimum absolute atomic E-state index is 0.256. The van der Waals surface area contributed by atoms with E-state index in [2.05, 4.69) is 20.8 Å². The zero-order valence-corrected chi connectivity index (χ0v) is 17.4. The highest BCUT2D eigenvalue weighted by Crippen LogP contribution is 2.17. The summed E-state index contributed by atoms with van der Waals surface area (Å²) in [6.07, 6.45) is 7.06. The second-order valence-corrected chi connectivity index (χ2v) is 7.47. The Morgan fingerprint density at radius 3 is 2.13 bits per heavy atom. The Bertz CT molecular complexity index is 1150. The van der Waals surface area contributed by atoms with Crippen LogP contribution in [-0.2, 0) is 13.1 Å². The number of thiocarbonyl (C=S) groups is 1. The van der Waals surface area contributed by atoms with Crippen molar-refractivity contribution in [3.63, 3.8) is 0 Å². The zero-order valence-electron chi connectivity index (χ0n) is 15.8. The molecule has 9 heteroatoms. The molecule has 2 N–H and O–H groups in total. The molecule has 0 aliphatic carbocycles. The summed E-state index contributed by atoms with van der Waals surface area (Å²) < 4.78 is 16.5. The van der Waals surface area contributed by atoms with E-state index < -0.39 is 0 Å². The quantitative estimate of drug-likeness (QED) is 0.423. The Morgan fingerprint density at radius 2 is 1.50 bits per heavy atom. The molecule has 2 aromatic carbocycles. The van der Waals surface area contributed by atoms with Crippen LogP contribution in [0.5, 0.6) is 0 Å². The van der Waals surface area contributed by atoms with Crippen LogP contribution >= 0.6 is 23.8 Å². The number of hydrogen-bond donors (Lipinski definition) is 2. The summed E-state index contributed by atoms with van der Waals surface area (Å²) in [7, 11) is 0. The molecule has 0 aliphatic rings. The minimum atomic E-state index is -0.256.